The first-order chi connectivity index (χ1) is 20.6. The number of fused-ring (bicyclic) bond motifs is 2. The van der Waals surface area contributed by atoms with E-state index in [0.29, 0.717) is 19.0 Å². The van der Waals surface area contributed by atoms with E-state index in [-0.39, 0.29) is 43.1 Å². The van der Waals surface area contributed by atoms with Crippen LogP contribution in [0.4, 0.5) is 16.6 Å². The van der Waals surface area contributed by atoms with Gasteiger partial charge in [0.25, 0.3) is 0 Å². The monoisotopic (exact) mass is 575 g/mol. The average molecular weight is 576 g/mol. The zero-order chi connectivity index (χ0) is 28.5. The fourth-order valence-corrected chi connectivity index (χ4v) is 7.06. The van der Waals surface area contributed by atoms with Crippen LogP contribution in [0.2, 0.25) is 0 Å². The van der Waals surface area contributed by atoms with Crippen molar-refractivity contribution in [3.05, 3.63) is 47.7 Å². The lowest BCUT2D eigenvalue weighted by atomic mass is 9.91. The van der Waals surface area contributed by atoms with Crippen LogP contribution in [0.1, 0.15) is 81.8 Å². The van der Waals surface area contributed by atoms with Crippen molar-refractivity contribution >= 4 is 23.8 Å². The van der Waals surface area contributed by atoms with E-state index < -0.39 is 5.41 Å². The van der Waals surface area contributed by atoms with Crippen LogP contribution >= 0.6 is 0 Å². The van der Waals surface area contributed by atoms with Crippen LogP contribution in [-0.4, -0.2) is 71.0 Å². The minimum absolute atomic E-state index is 0.0754. The molecule has 1 unspecified atom stereocenters. The zero-order valence-corrected chi connectivity index (χ0v) is 24.2. The molecule has 1 spiro atoms. The third kappa shape index (κ3) is 5.58. The molecule has 42 heavy (non-hydrogen) atoms. The van der Waals surface area contributed by atoms with E-state index in [1.807, 2.05) is 41.4 Å². The Kier molecular flexibility index (Phi) is 7.75. The highest BCUT2D eigenvalue weighted by atomic mass is 16.7. The SMILES string of the molecule is O=C(OCc1ccccc1)N1CCC(Nc2ncc3c(n2)N([C@@H]2CCC[C@@H](OC4CCCCO4)C2)C(=O)C32CC2)CC1. The van der Waals surface area contributed by atoms with Gasteiger partial charge in [-0.15, -0.1) is 0 Å². The Morgan fingerprint density at radius 1 is 1.05 bits per heavy atom. The third-order valence-corrected chi connectivity index (χ3v) is 9.63. The average Bonchev–Trinajstić information content (AvgIpc) is 3.80. The van der Waals surface area contributed by atoms with Crippen LogP contribution in [0.5, 0.6) is 0 Å². The number of anilines is 2. The molecule has 1 aromatic heterocycles. The van der Waals surface area contributed by atoms with E-state index in [1.54, 1.807) is 4.90 Å². The van der Waals surface area contributed by atoms with E-state index in [9.17, 15) is 9.59 Å². The van der Waals surface area contributed by atoms with Crippen molar-refractivity contribution in [2.75, 3.05) is 29.9 Å². The second-order valence-electron chi connectivity index (χ2n) is 12.5. The van der Waals surface area contributed by atoms with Gasteiger partial charge in [-0.2, -0.15) is 4.98 Å². The van der Waals surface area contributed by atoms with Crippen LogP contribution in [0.15, 0.2) is 36.5 Å². The highest BCUT2D eigenvalue weighted by Crippen LogP contribution is 2.57. The topological polar surface area (TPSA) is 106 Å². The van der Waals surface area contributed by atoms with E-state index in [1.165, 1.54) is 0 Å². The largest absolute Gasteiger partial charge is 0.445 e. The number of carbonyl (C=O) groups is 2. The molecule has 3 atom stereocenters. The summed E-state index contributed by atoms with van der Waals surface area (Å²) in [5.41, 5.74) is 1.53. The maximum Gasteiger partial charge on any atom is 0.410 e. The van der Waals surface area contributed by atoms with Crippen molar-refractivity contribution in [3.8, 4) is 0 Å². The molecule has 0 radical (unpaired) electrons. The third-order valence-electron chi connectivity index (χ3n) is 9.63. The van der Waals surface area contributed by atoms with Crippen LogP contribution in [-0.2, 0) is 31.0 Å². The number of ether oxygens (including phenoxy) is 3. The van der Waals surface area contributed by atoms with E-state index in [2.05, 4.69) is 10.3 Å². The number of hydrogen-bond acceptors (Lipinski definition) is 8. The lowest BCUT2D eigenvalue weighted by Gasteiger charge is -2.37. The second-order valence-corrected chi connectivity index (χ2v) is 12.5. The summed E-state index contributed by atoms with van der Waals surface area (Å²) in [4.78, 5) is 39.8. The minimum atomic E-state index is -0.431. The van der Waals surface area contributed by atoms with Crippen molar-refractivity contribution in [1.29, 1.82) is 0 Å². The van der Waals surface area contributed by atoms with Gasteiger partial charge in [0.2, 0.25) is 11.9 Å². The molecule has 224 valence electrons. The van der Waals surface area contributed by atoms with Gasteiger partial charge in [0.1, 0.15) is 12.4 Å². The first kappa shape index (κ1) is 27.6. The lowest BCUT2D eigenvalue weighted by Crippen LogP contribution is -2.45. The molecule has 10 nitrogen and oxygen atoms in total. The number of nitrogens with zero attached hydrogens (tertiary/aromatic N) is 4. The Morgan fingerprint density at radius 3 is 2.64 bits per heavy atom. The first-order valence-corrected chi connectivity index (χ1v) is 15.8. The number of carbonyl (C=O) groups excluding carboxylic acids is 2. The van der Waals surface area contributed by atoms with Crippen molar-refractivity contribution in [3.63, 3.8) is 0 Å². The summed E-state index contributed by atoms with van der Waals surface area (Å²) in [5, 5.41) is 3.50. The minimum Gasteiger partial charge on any atom is -0.445 e. The van der Waals surface area contributed by atoms with Gasteiger partial charge in [-0.3, -0.25) is 9.69 Å². The van der Waals surface area contributed by atoms with Crippen LogP contribution < -0.4 is 10.2 Å². The molecule has 5 aliphatic rings. The van der Waals surface area contributed by atoms with Crippen molar-refractivity contribution in [2.45, 2.75) is 107 Å². The quantitative estimate of drug-likeness (QED) is 0.496. The maximum absolute atomic E-state index is 13.8. The molecule has 1 aromatic carbocycles. The lowest BCUT2D eigenvalue weighted by molar-refractivity contribution is -0.193. The van der Waals surface area contributed by atoms with Crippen molar-refractivity contribution < 1.29 is 23.8 Å². The molecule has 4 fully saturated rings. The first-order valence-electron chi connectivity index (χ1n) is 15.8. The number of likely N-dealkylation sites (tertiary alicyclic amines) is 1. The Balaban J connectivity index is 0.978. The van der Waals surface area contributed by atoms with Gasteiger partial charge in [-0.25, -0.2) is 9.78 Å². The number of piperidine rings is 1. The van der Waals surface area contributed by atoms with Crippen molar-refractivity contribution in [2.24, 2.45) is 0 Å². The summed E-state index contributed by atoms with van der Waals surface area (Å²) < 4.78 is 17.7. The number of hydrogen-bond donors (Lipinski definition) is 1. The van der Waals surface area contributed by atoms with Crippen LogP contribution in [0.25, 0.3) is 0 Å². The Hall–Kier alpha value is -3.24. The molecule has 1 N–H and O–H groups in total. The molecular weight excluding hydrogens is 534 g/mol. The number of aromatic nitrogens is 2. The summed E-state index contributed by atoms with van der Waals surface area (Å²) in [6.07, 6.45) is 11.9. The van der Waals surface area contributed by atoms with Crippen LogP contribution in [0.3, 0.4) is 0 Å². The summed E-state index contributed by atoms with van der Waals surface area (Å²) in [6, 6.07) is 9.95. The Morgan fingerprint density at radius 2 is 1.88 bits per heavy atom. The molecule has 4 heterocycles. The van der Waals surface area contributed by atoms with Gasteiger partial charge in [-0.05, 0) is 76.2 Å². The standard InChI is InChI=1S/C32H41N5O5/c38-29-32(14-15-32)26-20-33-30(34-23-12-16-36(17-13-23)31(39)41-21-22-7-2-1-3-8-22)35-28(26)37(29)24-9-6-10-25(19-24)42-27-11-4-5-18-40-27/h1-3,7-8,20,23-25,27H,4-6,9-19,21H2,(H,33,34,35)/t24-,25-,27?/m1/s1. The number of benzene rings is 1. The van der Waals surface area contributed by atoms with Crippen LogP contribution in [0, 0.1) is 0 Å². The van der Waals surface area contributed by atoms with Gasteiger partial charge in [0, 0.05) is 43.5 Å². The molecule has 7 rings (SSSR count). The maximum atomic E-state index is 13.8. The van der Waals surface area contributed by atoms with Gasteiger partial charge < -0.3 is 24.4 Å². The number of rotatable bonds is 7. The predicted molar refractivity (Wildman–Crippen MR) is 156 cm³/mol. The molecule has 2 aromatic rings. The van der Waals surface area contributed by atoms with Gasteiger partial charge >= 0.3 is 6.09 Å². The predicted octanol–water partition coefficient (Wildman–Crippen LogP) is 4.92. The molecule has 0 bridgehead atoms. The summed E-state index contributed by atoms with van der Waals surface area (Å²) >= 11 is 0. The number of amides is 2. The fourth-order valence-electron chi connectivity index (χ4n) is 7.06. The molecular formula is C32H41N5O5. The highest BCUT2D eigenvalue weighted by Gasteiger charge is 2.61. The summed E-state index contributed by atoms with van der Waals surface area (Å²) in [5.74, 6) is 1.51. The molecule has 2 amide bonds. The molecule has 3 aliphatic heterocycles. The second kappa shape index (κ2) is 11.8. The van der Waals surface area contributed by atoms with Crippen molar-refractivity contribution in [1.82, 2.24) is 14.9 Å². The summed E-state index contributed by atoms with van der Waals surface area (Å²) in [6.45, 7) is 2.27. The van der Waals surface area contributed by atoms with E-state index >= 15 is 0 Å². The Bertz CT molecular complexity index is 1270. The van der Waals surface area contributed by atoms with Gasteiger partial charge in [0.15, 0.2) is 6.29 Å². The molecule has 2 saturated heterocycles. The van der Waals surface area contributed by atoms with E-state index in [0.717, 1.165) is 94.2 Å². The highest BCUT2D eigenvalue weighted by molar-refractivity contribution is 6.09. The molecule has 10 heteroatoms. The smallest absolute Gasteiger partial charge is 0.410 e. The van der Waals surface area contributed by atoms with Gasteiger partial charge in [-0.1, -0.05) is 30.3 Å². The molecule has 2 saturated carbocycles. The van der Waals surface area contributed by atoms with E-state index in [4.69, 9.17) is 19.2 Å². The summed E-state index contributed by atoms with van der Waals surface area (Å²) in [7, 11) is 0. The normalized spacial score (nSPS) is 27.1. The Labute approximate surface area is 247 Å². The fraction of sp³-hybridized carbons (Fsp3) is 0.625. The van der Waals surface area contributed by atoms with Gasteiger partial charge in [0.05, 0.1) is 11.5 Å². The zero-order valence-electron chi connectivity index (χ0n) is 24.2. The number of nitrogens with one attached hydrogen (secondary N) is 1. The molecule has 2 aliphatic carbocycles.